The molecule has 0 saturated heterocycles. The molecule has 1 heterocycles. The van der Waals surface area contributed by atoms with Crippen LogP contribution in [0.4, 0.5) is 5.69 Å². The van der Waals surface area contributed by atoms with Crippen molar-refractivity contribution >= 4 is 54.6 Å². The smallest absolute Gasteiger partial charge is 0.224 e. The Labute approximate surface area is 160 Å². The van der Waals surface area contributed by atoms with Gasteiger partial charge in [0.1, 0.15) is 0 Å². The van der Waals surface area contributed by atoms with Gasteiger partial charge < -0.3 is 5.32 Å². The maximum atomic E-state index is 12.3. The lowest BCUT2D eigenvalue weighted by Crippen LogP contribution is -2.14. The van der Waals surface area contributed by atoms with Gasteiger partial charge in [0.05, 0.1) is 25.9 Å². The van der Waals surface area contributed by atoms with E-state index in [0.717, 1.165) is 15.2 Å². The monoisotopic (exact) mass is 408 g/mol. The summed E-state index contributed by atoms with van der Waals surface area (Å²) in [5.74, 6) is -0.299. The molecule has 8 heteroatoms. The van der Waals surface area contributed by atoms with Crippen molar-refractivity contribution in [2.75, 3.05) is 11.1 Å². The van der Waals surface area contributed by atoms with Crippen LogP contribution in [0.3, 0.4) is 0 Å². The van der Waals surface area contributed by atoms with Gasteiger partial charge in [0.2, 0.25) is 5.91 Å². The second-order valence-corrected chi connectivity index (χ2v) is 9.62. The molecule has 0 spiro atoms. The molecule has 0 aliphatic rings. The molecule has 3 rings (SSSR count). The molecule has 0 bridgehead atoms. The summed E-state index contributed by atoms with van der Waals surface area (Å²) in [5.41, 5.74) is 1.59. The molecular formula is C18H17ClN2O3S2. The van der Waals surface area contributed by atoms with E-state index in [1.165, 1.54) is 12.1 Å². The topological polar surface area (TPSA) is 76.1 Å². The Hall–Kier alpha value is -1.96. The summed E-state index contributed by atoms with van der Waals surface area (Å²) in [6, 6.07) is 11.6. The van der Waals surface area contributed by atoms with Crippen LogP contribution in [0.2, 0.25) is 5.02 Å². The molecule has 1 aromatic heterocycles. The van der Waals surface area contributed by atoms with Crippen LogP contribution in [0.15, 0.2) is 47.4 Å². The predicted octanol–water partition coefficient (Wildman–Crippen LogP) is 4.45. The van der Waals surface area contributed by atoms with Crippen molar-refractivity contribution < 1.29 is 13.2 Å². The number of aromatic nitrogens is 1. The maximum absolute atomic E-state index is 12.3. The zero-order chi connectivity index (χ0) is 18.7. The molecule has 0 unspecified atom stereocenters. The van der Waals surface area contributed by atoms with Crippen LogP contribution >= 0.6 is 22.9 Å². The van der Waals surface area contributed by atoms with Crippen molar-refractivity contribution in [2.45, 2.75) is 24.7 Å². The average molecular weight is 409 g/mol. The number of nitrogens with zero attached hydrogens (tertiary/aromatic N) is 1. The van der Waals surface area contributed by atoms with Crippen molar-refractivity contribution in [1.29, 1.82) is 0 Å². The molecule has 2 aromatic carbocycles. The van der Waals surface area contributed by atoms with Gasteiger partial charge in [-0.05, 0) is 55.8 Å². The predicted molar refractivity (Wildman–Crippen MR) is 106 cm³/mol. The number of amides is 1. The minimum Gasteiger partial charge on any atom is -0.326 e. The number of halogens is 1. The molecule has 1 N–H and O–H groups in total. The van der Waals surface area contributed by atoms with E-state index in [2.05, 4.69) is 10.3 Å². The first-order valence-corrected chi connectivity index (χ1v) is 10.8. The van der Waals surface area contributed by atoms with E-state index in [0.29, 0.717) is 10.7 Å². The lowest BCUT2D eigenvalue weighted by molar-refractivity contribution is -0.116. The van der Waals surface area contributed by atoms with Crippen molar-refractivity contribution in [3.63, 3.8) is 0 Å². The molecule has 0 aliphatic heterocycles. The Kier molecular flexibility index (Phi) is 5.60. The molecule has 0 atom stereocenters. The summed E-state index contributed by atoms with van der Waals surface area (Å²) >= 11 is 7.33. The van der Waals surface area contributed by atoms with Crippen LogP contribution in [0.1, 0.15) is 17.8 Å². The number of fused-ring (bicyclic) bond motifs is 1. The number of benzene rings is 2. The summed E-state index contributed by atoms with van der Waals surface area (Å²) < 4.78 is 25.5. The second-order valence-electron chi connectivity index (χ2n) is 5.84. The minimum atomic E-state index is -3.42. The van der Waals surface area contributed by atoms with E-state index < -0.39 is 9.84 Å². The molecule has 26 heavy (non-hydrogen) atoms. The fourth-order valence-corrected chi connectivity index (χ4v) is 4.83. The standard InChI is InChI=1S/C18H17ClN2O3S2/c1-12-20-16-9-6-14(11-17(16)25-12)21-18(22)3-2-10-26(23,24)15-7-4-13(19)5-8-15/h4-9,11H,2-3,10H2,1H3,(H,21,22). The maximum Gasteiger partial charge on any atom is 0.224 e. The van der Waals surface area contributed by atoms with E-state index in [1.54, 1.807) is 29.5 Å². The number of anilines is 1. The summed E-state index contributed by atoms with van der Waals surface area (Å²) in [7, 11) is -3.42. The third-order valence-corrected chi connectivity index (χ3v) is 6.77. The molecule has 136 valence electrons. The fourth-order valence-electron chi connectivity index (χ4n) is 2.52. The highest BCUT2D eigenvalue weighted by molar-refractivity contribution is 7.91. The molecule has 1 amide bonds. The zero-order valence-corrected chi connectivity index (χ0v) is 16.4. The number of carbonyl (C=O) groups is 1. The number of aryl methyl sites for hydroxylation is 1. The number of sulfone groups is 1. The van der Waals surface area contributed by atoms with Crippen molar-refractivity contribution in [3.05, 3.63) is 52.5 Å². The van der Waals surface area contributed by atoms with Crippen molar-refractivity contribution in [1.82, 2.24) is 4.98 Å². The van der Waals surface area contributed by atoms with Crippen molar-refractivity contribution in [2.24, 2.45) is 0 Å². The quantitative estimate of drug-likeness (QED) is 0.653. The number of nitrogens with one attached hydrogen (secondary N) is 1. The third kappa shape index (κ3) is 4.60. The average Bonchev–Trinajstić information content (AvgIpc) is 2.94. The number of thiazole rings is 1. The minimum absolute atomic E-state index is 0.0882. The first-order valence-electron chi connectivity index (χ1n) is 7.99. The Morgan fingerprint density at radius 1 is 1.19 bits per heavy atom. The molecule has 0 radical (unpaired) electrons. The van der Waals surface area contributed by atoms with E-state index in [4.69, 9.17) is 11.6 Å². The van der Waals surface area contributed by atoms with Gasteiger partial charge in [0.15, 0.2) is 9.84 Å². The van der Waals surface area contributed by atoms with Gasteiger partial charge in [-0.1, -0.05) is 11.6 Å². The number of hydrogen-bond acceptors (Lipinski definition) is 5. The van der Waals surface area contributed by atoms with Crippen LogP contribution in [0.5, 0.6) is 0 Å². The van der Waals surface area contributed by atoms with Crippen molar-refractivity contribution in [3.8, 4) is 0 Å². The molecule has 5 nitrogen and oxygen atoms in total. The lowest BCUT2D eigenvalue weighted by Gasteiger charge is -2.06. The molecule has 0 fully saturated rings. The lowest BCUT2D eigenvalue weighted by atomic mass is 10.2. The fraction of sp³-hybridized carbons (Fsp3) is 0.222. The van der Waals surface area contributed by atoms with Crippen LogP contribution < -0.4 is 5.32 Å². The highest BCUT2D eigenvalue weighted by atomic mass is 35.5. The Morgan fingerprint density at radius 2 is 1.92 bits per heavy atom. The van der Waals surface area contributed by atoms with E-state index in [9.17, 15) is 13.2 Å². The number of hydrogen-bond donors (Lipinski definition) is 1. The Morgan fingerprint density at radius 3 is 2.65 bits per heavy atom. The summed E-state index contributed by atoms with van der Waals surface area (Å²) in [6.45, 7) is 1.93. The summed E-state index contributed by atoms with van der Waals surface area (Å²) in [5, 5.41) is 4.26. The number of rotatable bonds is 6. The largest absolute Gasteiger partial charge is 0.326 e. The second kappa shape index (κ2) is 7.73. The molecule has 0 aliphatic carbocycles. The van der Waals surface area contributed by atoms with Crippen LogP contribution in [0, 0.1) is 6.92 Å². The van der Waals surface area contributed by atoms with Gasteiger partial charge in [0, 0.05) is 17.1 Å². The van der Waals surface area contributed by atoms with Gasteiger partial charge in [-0.25, -0.2) is 13.4 Å². The molecular weight excluding hydrogens is 392 g/mol. The van der Waals surface area contributed by atoms with Gasteiger partial charge in [-0.2, -0.15) is 0 Å². The van der Waals surface area contributed by atoms with Gasteiger partial charge in [0.25, 0.3) is 0 Å². The van der Waals surface area contributed by atoms with E-state index in [-0.39, 0.29) is 29.4 Å². The van der Waals surface area contributed by atoms with Crippen LogP contribution in [0.25, 0.3) is 10.2 Å². The first-order chi connectivity index (χ1) is 12.3. The SMILES string of the molecule is Cc1nc2ccc(NC(=O)CCCS(=O)(=O)c3ccc(Cl)cc3)cc2s1. The van der Waals surface area contributed by atoms with Gasteiger partial charge >= 0.3 is 0 Å². The summed E-state index contributed by atoms with van der Waals surface area (Å²) in [4.78, 5) is 16.7. The Bertz CT molecular complexity index is 1040. The highest BCUT2D eigenvalue weighted by Gasteiger charge is 2.15. The van der Waals surface area contributed by atoms with Gasteiger partial charge in [-0.3, -0.25) is 4.79 Å². The van der Waals surface area contributed by atoms with E-state index >= 15 is 0 Å². The third-order valence-electron chi connectivity index (χ3n) is 3.77. The molecule has 3 aromatic rings. The van der Waals surface area contributed by atoms with Crippen LogP contribution in [-0.4, -0.2) is 25.1 Å². The molecule has 0 saturated carbocycles. The van der Waals surface area contributed by atoms with Gasteiger partial charge in [-0.15, -0.1) is 11.3 Å². The first kappa shape index (κ1) is 18.8. The summed E-state index contributed by atoms with van der Waals surface area (Å²) in [6.07, 6.45) is 0.380. The Balaban J connectivity index is 1.55. The van der Waals surface area contributed by atoms with Crippen LogP contribution in [-0.2, 0) is 14.6 Å². The normalized spacial score (nSPS) is 11.6. The zero-order valence-electron chi connectivity index (χ0n) is 14.0. The highest BCUT2D eigenvalue weighted by Crippen LogP contribution is 2.25. The van der Waals surface area contributed by atoms with E-state index in [1.807, 2.05) is 19.1 Å². The number of carbonyl (C=O) groups excluding carboxylic acids is 1.